The van der Waals surface area contributed by atoms with Crippen LogP contribution in [0.3, 0.4) is 0 Å². The van der Waals surface area contributed by atoms with Crippen molar-refractivity contribution in [1.29, 1.82) is 0 Å². The molecule has 2 aromatic rings. The van der Waals surface area contributed by atoms with Gasteiger partial charge in [-0.3, -0.25) is 9.88 Å². The van der Waals surface area contributed by atoms with E-state index in [0.717, 1.165) is 21.9 Å². The highest BCUT2D eigenvalue weighted by atomic mass is 79.9. The second kappa shape index (κ2) is 5.78. The molecule has 4 heteroatoms. The number of nitrogens with zero attached hydrogens (tertiary/aromatic N) is 2. The van der Waals surface area contributed by atoms with Crippen molar-refractivity contribution in [2.45, 2.75) is 19.5 Å². The molecule has 0 saturated heterocycles. The number of halogens is 1. The zero-order valence-electron chi connectivity index (χ0n) is 10.6. The molecule has 0 aliphatic rings. The second-order valence-electron chi connectivity index (χ2n) is 4.55. The first kappa shape index (κ1) is 13.5. The van der Waals surface area contributed by atoms with E-state index >= 15 is 0 Å². The van der Waals surface area contributed by atoms with Gasteiger partial charge in [0.2, 0.25) is 0 Å². The van der Waals surface area contributed by atoms with Gasteiger partial charge in [-0.1, -0.05) is 28.1 Å². The van der Waals surface area contributed by atoms with Crippen molar-refractivity contribution in [1.82, 2.24) is 9.88 Å². The number of aliphatic hydroxyl groups excluding tert-OH is 1. The zero-order valence-corrected chi connectivity index (χ0v) is 12.2. The summed E-state index contributed by atoms with van der Waals surface area (Å²) in [7, 11) is 2.01. The van der Waals surface area contributed by atoms with E-state index in [0.29, 0.717) is 0 Å². The Morgan fingerprint density at radius 1 is 1.39 bits per heavy atom. The number of pyridine rings is 1. The van der Waals surface area contributed by atoms with E-state index in [4.69, 9.17) is 0 Å². The summed E-state index contributed by atoms with van der Waals surface area (Å²) in [6.07, 6.45) is 1.81. The fourth-order valence-electron chi connectivity index (χ4n) is 1.89. The van der Waals surface area contributed by atoms with Crippen molar-refractivity contribution < 1.29 is 5.11 Å². The molecule has 0 aliphatic heterocycles. The number of aromatic nitrogens is 1. The summed E-state index contributed by atoms with van der Waals surface area (Å²) in [5.74, 6) is 0. The fraction of sp³-hybridized carbons (Fsp3) is 0.357. The third-order valence-corrected chi connectivity index (χ3v) is 3.93. The highest BCUT2D eigenvalue weighted by molar-refractivity contribution is 9.10. The Morgan fingerprint density at radius 2 is 2.17 bits per heavy atom. The summed E-state index contributed by atoms with van der Waals surface area (Å²) in [6.45, 7) is 2.95. The maximum absolute atomic E-state index is 9.18. The van der Waals surface area contributed by atoms with Crippen LogP contribution in [0.25, 0.3) is 10.9 Å². The van der Waals surface area contributed by atoms with Crippen molar-refractivity contribution in [3.05, 3.63) is 40.5 Å². The van der Waals surface area contributed by atoms with Crippen LogP contribution in [-0.2, 0) is 6.54 Å². The van der Waals surface area contributed by atoms with Crippen LogP contribution >= 0.6 is 15.9 Å². The van der Waals surface area contributed by atoms with Gasteiger partial charge in [-0.25, -0.2) is 0 Å². The maximum Gasteiger partial charge on any atom is 0.0758 e. The van der Waals surface area contributed by atoms with E-state index < -0.39 is 0 Å². The standard InChI is InChI=1S/C14H17BrN2O/c1-10(9-18)17(2)8-11-5-6-13(15)12-4-3-7-16-14(11)12/h3-7,10,18H,8-9H2,1-2H3/t10-/m0/s1. The summed E-state index contributed by atoms with van der Waals surface area (Å²) >= 11 is 3.55. The normalized spacial score (nSPS) is 13.2. The zero-order chi connectivity index (χ0) is 13.1. The molecule has 0 radical (unpaired) electrons. The Balaban J connectivity index is 2.37. The van der Waals surface area contributed by atoms with Gasteiger partial charge >= 0.3 is 0 Å². The summed E-state index contributed by atoms with van der Waals surface area (Å²) in [4.78, 5) is 6.58. The molecule has 0 bridgehead atoms. The lowest BCUT2D eigenvalue weighted by atomic mass is 10.1. The average molecular weight is 309 g/mol. The number of hydrogen-bond acceptors (Lipinski definition) is 3. The Hall–Kier alpha value is -0.970. The van der Waals surface area contributed by atoms with Gasteiger partial charge in [0.15, 0.2) is 0 Å². The second-order valence-corrected chi connectivity index (χ2v) is 5.41. The summed E-state index contributed by atoms with van der Waals surface area (Å²) in [5, 5.41) is 10.3. The Kier molecular flexibility index (Phi) is 4.32. The Labute approximate surface area is 116 Å². The van der Waals surface area contributed by atoms with Crippen LogP contribution in [-0.4, -0.2) is 34.7 Å². The van der Waals surface area contributed by atoms with E-state index in [9.17, 15) is 5.11 Å². The molecule has 96 valence electrons. The molecule has 0 spiro atoms. The first-order valence-corrected chi connectivity index (χ1v) is 6.76. The molecule has 0 saturated carbocycles. The Bertz CT molecular complexity index is 544. The van der Waals surface area contributed by atoms with Crippen LogP contribution in [0.5, 0.6) is 0 Å². The lowest BCUT2D eigenvalue weighted by Crippen LogP contribution is -2.31. The highest BCUT2D eigenvalue weighted by Gasteiger charge is 2.11. The smallest absolute Gasteiger partial charge is 0.0758 e. The SMILES string of the molecule is C[C@@H](CO)N(C)Cc1ccc(Br)c2cccnc12. The van der Waals surface area contributed by atoms with Gasteiger partial charge in [0.1, 0.15) is 0 Å². The average Bonchev–Trinajstić information content (AvgIpc) is 2.41. The number of likely N-dealkylation sites (N-methyl/N-ethyl adjacent to an activating group) is 1. The van der Waals surface area contributed by atoms with Gasteiger partial charge in [-0.15, -0.1) is 0 Å². The number of aliphatic hydroxyl groups is 1. The molecule has 3 nitrogen and oxygen atoms in total. The van der Waals surface area contributed by atoms with Gasteiger partial charge in [0, 0.05) is 28.6 Å². The largest absolute Gasteiger partial charge is 0.395 e. The van der Waals surface area contributed by atoms with Crippen LogP contribution in [0.15, 0.2) is 34.9 Å². The number of hydrogen-bond donors (Lipinski definition) is 1. The molecule has 1 N–H and O–H groups in total. The van der Waals surface area contributed by atoms with Crippen LogP contribution in [0.2, 0.25) is 0 Å². The van der Waals surface area contributed by atoms with Crippen LogP contribution in [0, 0.1) is 0 Å². The molecular weight excluding hydrogens is 292 g/mol. The molecular formula is C14H17BrN2O. The topological polar surface area (TPSA) is 36.4 Å². The minimum atomic E-state index is 0.146. The van der Waals surface area contributed by atoms with Crippen LogP contribution < -0.4 is 0 Å². The molecule has 18 heavy (non-hydrogen) atoms. The molecule has 1 aromatic carbocycles. The predicted molar refractivity (Wildman–Crippen MR) is 77.5 cm³/mol. The molecule has 0 fully saturated rings. The lowest BCUT2D eigenvalue weighted by Gasteiger charge is -2.23. The van der Waals surface area contributed by atoms with Crippen molar-refractivity contribution in [3.8, 4) is 0 Å². The third kappa shape index (κ3) is 2.71. The number of benzene rings is 1. The predicted octanol–water partition coefficient (Wildman–Crippen LogP) is 2.81. The number of fused-ring (bicyclic) bond motifs is 1. The lowest BCUT2D eigenvalue weighted by molar-refractivity contribution is 0.154. The highest BCUT2D eigenvalue weighted by Crippen LogP contribution is 2.26. The van der Waals surface area contributed by atoms with Gasteiger partial charge < -0.3 is 5.11 Å². The molecule has 0 aliphatic carbocycles. The van der Waals surface area contributed by atoms with E-state index in [1.54, 1.807) is 0 Å². The van der Waals surface area contributed by atoms with Gasteiger partial charge in [0.25, 0.3) is 0 Å². The molecule has 0 amide bonds. The molecule has 0 unspecified atom stereocenters. The molecule has 1 aromatic heterocycles. The first-order chi connectivity index (χ1) is 8.63. The first-order valence-electron chi connectivity index (χ1n) is 5.96. The summed E-state index contributed by atoms with van der Waals surface area (Å²) in [5.41, 5.74) is 2.19. The van der Waals surface area contributed by atoms with Crippen molar-refractivity contribution in [2.24, 2.45) is 0 Å². The molecule has 1 heterocycles. The van der Waals surface area contributed by atoms with E-state index in [1.807, 2.05) is 26.2 Å². The van der Waals surface area contributed by atoms with Crippen molar-refractivity contribution in [2.75, 3.05) is 13.7 Å². The van der Waals surface area contributed by atoms with Crippen LogP contribution in [0.4, 0.5) is 0 Å². The van der Waals surface area contributed by atoms with Crippen molar-refractivity contribution in [3.63, 3.8) is 0 Å². The quantitative estimate of drug-likeness (QED) is 0.943. The minimum absolute atomic E-state index is 0.146. The minimum Gasteiger partial charge on any atom is -0.395 e. The van der Waals surface area contributed by atoms with Gasteiger partial charge in [-0.05, 0) is 31.7 Å². The summed E-state index contributed by atoms with van der Waals surface area (Å²) < 4.78 is 1.06. The fourth-order valence-corrected chi connectivity index (χ4v) is 2.34. The molecule has 1 atom stereocenters. The summed E-state index contributed by atoms with van der Waals surface area (Å²) in [6, 6.07) is 8.28. The van der Waals surface area contributed by atoms with E-state index in [1.165, 1.54) is 5.56 Å². The van der Waals surface area contributed by atoms with Gasteiger partial charge in [0.05, 0.1) is 12.1 Å². The maximum atomic E-state index is 9.18. The molecule has 2 rings (SSSR count). The van der Waals surface area contributed by atoms with Crippen molar-refractivity contribution >= 4 is 26.8 Å². The monoisotopic (exact) mass is 308 g/mol. The van der Waals surface area contributed by atoms with E-state index in [-0.39, 0.29) is 12.6 Å². The third-order valence-electron chi connectivity index (χ3n) is 3.24. The van der Waals surface area contributed by atoms with Gasteiger partial charge in [-0.2, -0.15) is 0 Å². The Morgan fingerprint density at radius 3 is 2.89 bits per heavy atom. The van der Waals surface area contributed by atoms with Crippen LogP contribution in [0.1, 0.15) is 12.5 Å². The van der Waals surface area contributed by atoms with E-state index in [2.05, 4.69) is 44.0 Å². The number of rotatable bonds is 4.